The van der Waals surface area contributed by atoms with Gasteiger partial charge in [-0.15, -0.1) is 0 Å². The first kappa shape index (κ1) is 13.1. The molecule has 18 heavy (non-hydrogen) atoms. The Kier molecular flexibility index (Phi) is 4.76. The van der Waals surface area contributed by atoms with Crippen LogP contribution in [0, 0.1) is 0 Å². The van der Waals surface area contributed by atoms with E-state index in [4.69, 9.17) is 5.11 Å². The molecule has 0 saturated heterocycles. The van der Waals surface area contributed by atoms with Crippen molar-refractivity contribution in [2.75, 3.05) is 13.2 Å². The summed E-state index contributed by atoms with van der Waals surface area (Å²) >= 11 is 0. The van der Waals surface area contributed by atoms with Crippen molar-refractivity contribution in [3.05, 3.63) is 35.9 Å². The summed E-state index contributed by atoms with van der Waals surface area (Å²) in [5.74, 6) is 0.141. The molecule has 98 valence electrons. The van der Waals surface area contributed by atoms with E-state index >= 15 is 0 Å². The van der Waals surface area contributed by atoms with E-state index < -0.39 is 0 Å². The van der Waals surface area contributed by atoms with E-state index in [2.05, 4.69) is 0 Å². The predicted molar refractivity (Wildman–Crippen MR) is 71.2 cm³/mol. The summed E-state index contributed by atoms with van der Waals surface area (Å²) < 4.78 is 0. The zero-order valence-corrected chi connectivity index (χ0v) is 10.7. The van der Waals surface area contributed by atoms with E-state index in [0.717, 1.165) is 18.4 Å². The second kappa shape index (κ2) is 6.55. The molecule has 1 amide bonds. The highest BCUT2D eigenvalue weighted by atomic mass is 16.3. The van der Waals surface area contributed by atoms with Crippen molar-refractivity contribution in [3.8, 4) is 0 Å². The topological polar surface area (TPSA) is 40.5 Å². The quantitative estimate of drug-likeness (QED) is 0.864. The number of hydrogen-bond donors (Lipinski definition) is 1. The van der Waals surface area contributed by atoms with E-state index in [1.165, 1.54) is 12.8 Å². The number of carbonyl (C=O) groups is 1. The van der Waals surface area contributed by atoms with Gasteiger partial charge < -0.3 is 10.0 Å². The van der Waals surface area contributed by atoms with Gasteiger partial charge in [0.05, 0.1) is 13.0 Å². The molecule has 1 N–H and O–H groups in total. The van der Waals surface area contributed by atoms with Gasteiger partial charge in [-0.1, -0.05) is 43.2 Å². The fourth-order valence-electron chi connectivity index (χ4n) is 2.71. The SMILES string of the molecule is O=C(Cc1ccccc1)N(CCO)C1CCCC1. The Morgan fingerprint density at radius 1 is 1.22 bits per heavy atom. The number of hydrogen-bond acceptors (Lipinski definition) is 2. The van der Waals surface area contributed by atoms with E-state index in [-0.39, 0.29) is 12.5 Å². The molecule has 2 rings (SSSR count). The van der Waals surface area contributed by atoms with Gasteiger partial charge in [0, 0.05) is 12.6 Å². The van der Waals surface area contributed by atoms with Crippen molar-refractivity contribution in [1.82, 2.24) is 4.90 Å². The van der Waals surface area contributed by atoms with Gasteiger partial charge in [-0.3, -0.25) is 4.79 Å². The lowest BCUT2D eigenvalue weighted by Gasteiger charge is -2.28. The van der Waals surface area contributed by atoms with Crippen molar-refractivity contribution in [2.45, 2.75) is 38.1 Å². The van der Waals surface area contributed by atoms with E-state index in [0.29, 0.717) is 19.0 Å². The van der Waals surface area contributed by atoms with Gasteiger partial charge in [-0.05, 0) is 18.4 Å². The van der Waals surface area contributed by atoms with Crippen molar-refractivity contribution >= 4 is 5.91 Å². The summed E-state index contributed by atoms with van der Waals surface area (Å²) in [5, 5.41) is 9.12. The Morgan fingerprint density at radius 2 is 1.89 bits per heavy atom. The summed E-state index contributed by atoms with van der Waals surface area (Å²) in [4.78, 5) is 14.2. The molecule has 1 fully saturated rings. The molecule has 0 aromatic heterocycles. The minimum atomic E-state index is 0.0526. The van der Waals surface area contributed by atoms with Crippen LogP contribution >= 0.6 is 0 Å². The number of rotatable bonds is 5. The summed E-state index contributed by atoms with van der Waals surface area (Å²) in [6.45, 7) is 0.521. The molecule has 1 aromatic rings. The number of aliphatic hydroxyl groups is 1. The van der Waals surface area contributed by atoms with Gasteiger partial charge in [-0.2, -0.15) is 0 Å². The lowest BCUT2D eigenvalue weighted by atomic mass is 10.1. The van der Waals surface area contributed by atoms with Gasteiger partial charge >= 0.3 is 0 Å². The Labute approximate surface area is 108 Å². The summed E-state index contributed by atoms with van der Waals surface area (Å²) in [5.41, 5.74) is 1.04. The molecule has 1 aliphatic carbocycles. The molecule has 0 heterocycles. The molecular weight excluding hydrogens is 226 g/mol. The molecule has 0 aliphatic heterocycles. The van der Waals surface area contributed by atoms with Crippen LogP contribution in [-0.4, -0.2) is 35.1 Å². The average molecular weight is 247 g/mol. The third-order valence-electron chi connectivity index (χ3n) is 3.62. The third kappa shape index (κ3) is 3.33. The zero-order valence-electron chi connectivity index (χ0n) is 10.7. The van der Waals surface area contributed by atoms with Crippen LogP contribution in [-0.2, 0) is 11.2 Å². The van der Waals surface area contributed by atoms with Crippen LogP contribution in [0.2, 0.25) is 0 Å². The first-order valence-electron chi connectivity index (χ1n) is 6.75. The average Bonchev–Trinajstić information content (AvgIpc) is 2.90. The van der Waals surface area contributed by atoms with Crippen LogP contribution in [0.1, 0.15) is 31.2 Å². The van der Waals surface area contributed by atoms with Crippen molar-refractivity contribution in [3.63, 3.8) is 0 Å². The lowest BCUT2D eigenvalue weighted by molar-refractivity contribution is -0.133. The van der Waals surface area contributed by atoms with Crippen LogP contribution in [0.5, 0.6) is 0 Å². The van der Waals surface area contributed by atoms with Gasteiger partial charge in [0.2, 0.25) is 5.91 Å². The number of nitrogens with zero attached hydrogens (tertiary/aromatic N) is 1. The number of aliphatic hydroxyl groups excluding tert-OH is 1. The van der Waals surface area contributed by atoms with Crippen molar-refractivity contribution < 1.29 is 9.90 Å². The summed E-state index contributed by atoms with van der Waals surface area (Å²) in [6.07, 6.45) is 5.01. The van der Waals surface area contributed by atoms with Crippen LogP contribution in [0.4, 0.5) is 0 Å². The molecule has 0 unspecified atom stereocenters. The molecule has 0 spiro atoms. The molecule has 3 heteroatoms. The Balaban J connectivity index is 1.99. The molecule has 1 aliphatic rings. The van der Waals surface area contributed by atoms with Crippen molar-refractivity contribution in [2.24, 2.45) is 0 Å². The van der Waals surface area contributed by atoms with Gasteiger partial charge in [0.1, 0.15) is 0 Å². The zero-order chi connectivity index (χ0) is 12.8. The fraction of sp³-hybridized carbons (Fsp3) is 0.533. The van der Waals surface area contributed by atoms with Crippen molar-refractivity contribution in [1.29, 1.82) is 0 Å². The van der Waals surface area contributed by atoms with E-state index in [9.17, 15) is 4.79 Å². The van der Waals surface area contributed by atoms with Crippen LogP contribution < -0.4 is 0 Å². The van der Waals surface area contributed by atoms with Crippen LogP contribution in [0.25, 0.3) is 0 Å². The molecule has 0 bridgehead atoms. The van der Waals surface area contributed by atoms with Crippen LogP contribution in [0.3, 0.4) is 0 Å². The maximum Gasteiger partial charge on any atom is 0.227 e. The third-order valence-corrected chi connectivity index (χ3v) is 3.62. The minimum absolute atomic E-state index is 0.0526. The molecule has 0 radical (unpaired) electrons. The highest BCUT2D eigenvalue weighted by Gasteiger charge is 2.25. The van der Waals surface area contributed by atoms with Gasteiger partial charge in [0.15, 0.2) is 0 Å². The molecule has 1 saturated carbocycles. The van der Waals surface area contributed by atoms with E-state index in [1.807, 2.05) is 35.2 Å². The maximum atomic E-state index is 12.3. The second-order valence-corrected chi connectivity index (χ2v) is 4.91. The number of amides is 1. The first-order valence-corrected chi connectivity index (χ1v) is 6.75. The Morgan fingerprint density at radius 3 is 2.50 bits per heavy atom. The second-order valence-electron chi connectivity index (χ2n) is 4.91. The Bertz CT molecular complexity index is 371. The maximum absolute atomic E-state index is 12.3. The standard InChI is InChI=1S/C15H21NO2/c17-11-10-16(14-8-4-5-9-14)15(18)12-13-6-2-1-3-7-13/h1-3,6-7,14,17H,4-5,8-12H2. The number of benzene rings is 1. The predicted octanol–water partition coefficient (Wildman–Crippen LogP) is 1.99. The molecule has 1 aromatic carbocycles. The van der Waals surface area contributed by atoms with Gasteiger partial charge in [0.25, 0.3) is 0 Å². The molecular formula is C15H21NO2. The smallest absolute Gasteiger partial charge is 0.227 e. The summed E-state index contributed by atoms with van der Waals surface area (Å²) in [6, 6.07) is 10.2. The normalized spacial score (nSPS) is 15.8. The highest BCUT2D eigenvalue weighted by Crippen LogP contribution is 2.23. The molecule has 3 nitrogen and oxygen atoms in total. The highest BCUT2D eigenvalue weighted by molar-refractivity contribution is 5.79. The molecule has 0 atom stereocenters. The minimum Gasteiger partial charge on any atom is -0.395 e. The first-order chi connectivity index (χ1) is 8.81. The number of carbonyl (C=O) groups excluding carboxylic acids is 1. The largest absolute Gasteiger partial charge is 0.395 e. The Hall–Kier alpha value is -1.35. The van der Waals surface area contributed by atoms with Gasteiger partial charge in [-0.25, -0.2) is 0 Å². The van der Waals surface area contributed by atoms with E-state index in [1.54, 1.807) is 0 Å². The van der Waals surface area contributed by atoms with Crippen LogP contribution in [0.15, 0.2) is 30.3 Å². The lowest BCUT2D eigenvalue weighted by Crippen LogP contribution is -2.41. The monoisotopic (exact) mass is 247 g/mol. The summed E-state index contributed by atoms with van der Waals surface area (Å²) in [7, 11) is 0. The fourth-order valence-corrected chi connectivity index (χ4v) is 2.71.